The fraction of sp³-hybridized carbons (Fsp3) is 0.350. The Bertz CT molecular complexity index is 776. The Kier molecular flexibility index (Phi) is 5.93. The van der Waals surface area contributed by atoms with Crippen LogP contribution in [-0.4, -0.2) is 31.5 Å². The number of thioether (sulfide) groups is 1. The van der Waals surface area contributed by atoms with Gasteiger partial charge >= 0.3 is 0 Å². The third kappa shape index (κ3) is 4.43. The van der Waals surface area contributed by atoms with Crippen molar-refractivity contribution < 1.29 is 19.0 Å². The largest absolute Gasteiger partial charge is 0.492 e. The number of anilines is 1. The number of carbonyl (C=O) groups is 1. The van der Waals surface area contributed by atoms with Gasteiger partial charge in [0.25, 0.3) is 5.91 Å². The third-order valence-corrected chi connectivity index (χ3v) is 4.75. The molecule has 1 aliphatic heterocycles. The number of ether oxygens (including phenoxy) is 3. The summed E-state index contributed by atoms with van der Waals surface area (Å²) in [5, 5.41) is 2.86. The van der Waals surface area contributed by atoms with Gasteiger partial charge < -0.3 is 19.5 Å². The molecule has 1 unspecified atom stereocenters. The molecule has 1 N–H and O–H groups in total. The average Bonchev–Trinajstić information content (AvgIpc) is 2.99. The smallest absolute Gasteiger partial charge is 0.262 e. The maximum atomic E-state index is 12.3. The van der Waals surface area contributed by atoms with E-state index in [2.05, 4.69) is 5.32 Å². The first-order chi connectivity index (χ1) is 12.6. The van der Waals surface area contributed by atoms with Crippen molar-refractivity contribution in [1.29, 1.82) is 0 Å². The first-order valence-electron chi connectivity index (χ1n) is 8.62. The second-order valence-electron chi connectivity index (χ2n) is 6.03. The lowest BCUT2D eigenvalue weighted by molar-refractivity contribution is -0.118. The first kappa shape index (κ1) is 18.5. The highest BCUT2D eigenvalue weighted by Gasteiger charge is 2.22. The van der Waals surface area contributed by atoms with Gasteiger partial charge in [-0.25, -0.2) is 0 Å². The van der Waals surface area contributed by atoms with Gasteiger partial charge in [-0.1, -0.05) is 0 Å². The van der Waals surface area contributed by atoms with Gasteiger partial charge in [-0.2, -0.15) is 0 Å². The number of benzene rings is 2. The fourth-order valence-corrected chi connectivity index (χ4v) is 3.23. The van der Waals surface area contributed by atoms with Gasteiger partial charge in [-0.15, -0.1) is 11.8 Å². The highest BCUT2D eigenvalue weighted by molar-refractivity contribution is 7.98. The van der Waals surface area contributed by atoms with Crippen LogP contribution in [0.3, 0.4) is 0 Å². The van der Waals surface area contributed by atoms with Gasteiger partial charge in [-0.3, -0.25) is 4.79 Å². The second-order valence-corrected chi connectivity index (χ2v) is 6.91. The number of nitrogens with one attached hydrogen (secondary N) is 1. The van der Waals surface area contributed by atoms with E-state index in [-0.39, 0.29) is 18.6 Å². The molecular weight excluding hydrogens is 350 g/mol. The molecule has 0 saturated heterocycles. The molecule has 138 valence electrons. The zero-order chi connectivity index (χ0) is 18.5. The van der Waals surface area contributed by atoms with Crippen LogP contribution in [0.5, 0.6) is 17.2 Å². The van der Waals surface area contributed by atoms with Crippen molar-refractivity contribution in [3.63, 3.8) is 0 Å². The van der Waals surface area contributed by atoms with Crippen LogP contribution < -0.4 is 19.5 Å². The van der Waals surface area contributed by atoms with Crippen molar-refractivity contribution >= 4 is 23.4 Å². The van der Waals surface area contributed by atoms with Crippen molar-refractivity contribution in [2.75, 3.05) is 24.8 Å². The molecule has 0 aliphatic carbocycles. The molecule has 1 heterocycles. The number of hydrogen-bond acceptors (Lipinski definition) is 5. The Morgan fingerprint density at radius 2 is 2.04 bits per heavy atom. The number of amides is 1. The number of hydrogen-bond donors (Lipinski definition) is 1. The maximum absolute atomic E-state index is 12.3. The predicted octanol–water partition coefficient (Wildman–Crippen LogP) is 4.15. The van der Waals surface area contributed by atoms with Crippen LogP contribution in [0.1, 0.15) is 19.4 Å². The lowest BCUT2D eigenvalue weighted by Gasteiger charge is -2.14. The standard InChI is InChI=1S/C20H23NO4S/c1-4-23-19-10-14-9-13(2)25-18(14)11-17(19)21-20(22)12-24-15-5-7-16(26-3)8-6-15/h5-8,10-11,13H,4,9,12H2,1-3H3,(H,21,22). The van der Waals surface area contributed by atoms with Gasteiger partial charge in [0.15, 0.2) is 6.61 Å². The van der Waals surface area contributed by atoms with E-state index >= 15 is 0 Å². The van der Waals surface area contributed by atoms with Crippen molar-refractivity contribution in [2.45, 2.75) is 31.3 Å². The molecular formula is C20H23NO4S. The van der Waals surface area contributed by atoms with E-state index in [4.69, 9.17) is 14.2 Å². The molecule has 0 spiro atoms. The third-order valence-electron chi connectivity index (χ3n) is 4.00. The zero-order valence-corrected chi connectivity index (χ0v) is 16.0. The minimum Gasteiger partial charge on any atom is -0.492 e. The van der Waals surface area contributed by atoms with Gasteiger partial charge in [-0.05, 0) is 50.4 Å². The molecule has 2 aromatic rings. The Morgan fingerprint density at radius 3 is 2.73 bits per heavy atom. The molecule has 2 aromatic carbocycles. The lowest BCUT2D eigenvalue weighted by atomic mass is 10.1. The molecule has 5 nitrogen and oxygen atoms in total. The van der Waals surface area contributed by atoms with Crippen molar-refractivity contribution in [3.8, 4) is 17.2 Å². The molecule has 26 heavy (non-hydrogen) atoms. The summed E-state index contributed by atoms with van der Waals surface area (Å²) in [6.07, 6.45) is 3.00. The van der Waals surface area contributed by atoms with Crippen LogP contribution in [0.4, 0.5) is 5.69 Å². The Balaban J connectivity index is 1.65. The molecule has 1 amide bonds. The molecule has 0 bridgehead atoms. The Labute approximate surface area is 158 Å². The summed E-state index contributed by atoms with van der Waals surface area (Å²) in [6, 6.07) is 11.4. The van der Waals surface area contributed by atoms with Gasteiger partial charge in [0.1, 0.15) is 23.4 Å². The Morgan fingerprint density at radius 1 is 1.27 bits per heavy atom. The monoisotopic (exact) mass is 373 g/mol. The highest BCUT2D eigenvalue weighted by Crippen LogP contribution is 2.38. The van der Waals surface area contributed by atoms with E-state index in [1.807, 2.05) is 56.5 Å². The van der Waals surface area contributed by atoms with E-state index in [0.29, 0.717) is 23.8 Å². The van der Waals surface area contributed by atoms with E-state index in [0.717, 1.165) is 22.6 Å². The van der Waals surface area contributed by atoms with Crippen LogP contribution in [0.25, 0.3) is 0 Å². The number of carbonyl (C=O) groups excluding carboxylic acids is 1. The van der Waals surface area contributed by atoms with E-state index < -0.39 is 0 Å². The lowest BCUT2D eigenvalue weighted by Crippen LogP contribution is -2.20. The summed E-state index contributed by atoms with van der Waals surface area (Å²) < 4.78 is 17.0. The van der Waals surface area contributed by atoms with Crippen LogP contribution in [-0.2, 0) is 11.2 Å². The van der Waals surface area contributed by atoms with Crippen LogP contribution >= 0.6 is 11.8 Å². The van der Waals surface area contributed by atoms with E-state index in [1.165, 1.54) is 0 Å². The Hall–Kier alpha value is -2.34. The summed E-state index contributed by atoms with van der Waals surface area (Å²) in [4.78, 5) is 13.4. The van der Waals surface area contributed by atoms with Crippen LogP contribution in [0.2, 0.25) is 0 Å². The van der Waals surface area contributed by atoms with Crippen LogP contribution in [0.15, 0.2) is 41.3 Å². The summed E-state index contributed by atoms with van der Waals surface area (Å²) in [5.41, 5.74) is 1.70. The van der Waals surface area contributed by atoms with Gasteiger partial charge in [0.2, 0.25) is 0 Å². The molecule has 3 rings (SSSR count). The minimum atomic E-state index is -0.245. The zero-order valence-electron chi connectivity index (χ0n) is 15.2. The first-order valence-corrected chi connectivity index (χ1v) is 9.84. The molecule has 1 atom stereocenters. The summed E-state index contributed by atoms with van der Waals surface area (Å²) in [7, 11) is 0. The molecule has 6 heteroatoms. The molecule has 0 radical (unpaired) electrons. The summed E-state index contributed by atoms with van der Waals surface area (Å²) in [5.74, 6) is 1.87. The molecule has 0 aromatic heterocycles. The molecule has 0 fully saturated rings. The minimum absolute atomic E-state index is 0.0709. The SMILES string of the molecule is CCOc1cc2c(cc1NC(=O)COc1ccc(SC)cc1)OC(C)C2. The average molecular weight is 373 g/mol. The van der Waals surface area contributed by atoms with Crippen molar-refractivity contribution in [2.24, 2.45) is 0 Å². The summed E-state index contributed by atoms with van der Waals surface area (Å²) in [6.45, 7) is 4.39. The predicted molar refractivity (Wildman–Crippen MR) is 104 cm³/mol. The topological polar surface area (TPSA) is 56.8 Å². The van der Waals surface area contributed by atoms with Crippen molar-refractivity contribution in [1.82, 2.24) is 0 Å². The quantitative estimate of drug-likeness (QED) is 0.739. The summed E-state index contributed by atoms with van der Waals surface area (Å²) >= 11 is 1.66. The van der Waals surface area contributed by atoms with Crippen molar-refractivity contribution in [3.05, 3.63) is 42.0 Å². The maximum Gasteiger partial charge on any atom is 0.262 e. The molecule has 0 saturated carbocycles. The van der Waals surface area contributed by atoms with Crippen LogP contribution in [0, 0.1) is 0 Å². The van der Waals surface area contributed by atoms with Gasteiger partial charge in [0.05, 0.1) is 12.3 Å². The fourth-order valence-electron chi connectivity index (χ4n) is 2.82. The van der Waals surface area contributed by atoms with E-state index in [9.17, 15) is 4.79 Å². The number of fused-ring (bicyclic) bond motifs is 1. The molecule has 1 aliphatic rings. The number of rotatable bonds is 7. The van der Waals surface area contributed by atoms with E-state index in [1.54, 1.807) is 11.8 Å². The highest BCUT2D eigenvalue weighted by atomic mass is 32.2. The second kappa shape index (κ2) is 8.36. The van der Waals surface area contributed by atoms with Gasteiger partial charge in [0, 0.05) is 22.9 Å². The normalized spacial score (nSPS) is 15.1.